The van der Waals surface area contributed by atoms with Gasteiger partial charge in [0, 0.05) is 4.47 Å². The average Bonchev–Trinajstić information content (AvgIpc) is 1.96. The first-order chi connectivity index (χ1) is 5.15. The van der Waals surface area contributed by atoms with Crippen LogP contribution in [-0.2, 0) is 0 Å². The lowest BCUT2D eigenvalue weighted by Gasteiger charge is -1.98. The highest BCUT2D eigenvalue weighted by molar-refractivity contribution is 9.10. The smallest absolute Gasteiger partial charge is 0.143 e. The van der Waals surface area contributed by atoms with Crippen LogP contribution in [0.25, 0.3) is 0 Å². The zero-order valence-electron chi connectivity index (χ0n) is 5.86. The van der Waals surface area contributed by atoms with Crippen molar-refractivity contribution in [1.82, 2.24) is 0 Å². The van der Waals surface area contributed by atoms with Crippen molar-refractivity contribution in [3.8, 4) is 6.07 Å². The summed E-state index contributed by atoms with van der Waals surface area (Å²) in [5.41, 5.74) is 0.563. The molecule has 0 aliphatic heterocycles. The van der Waals surface area contributed by atoms with E-state index in [1.165, 1.54) is 6.07 Å². The van der Waals surface area contributed by atoms with Gasteiger partial charge in [-0.1, -0.05) is 15.9 Å². The van der Waals surface area contributed by atoms with Crippen molar-refractivity contribution >= 4 is 15.9 Å². The number of nitrogens with zero attached hydrogens (tertiary/aromatic N) is 1. The lowest BCUT2D eigenvalue weighted by Crippen LogP contribution is -1.87. The predicted octanol–water partition coefficient (Wildman–Crippen LogP) is 2.77. The molecule has 0 heterocycles. The van der Waals surface area contributed by atoms with Gasteiger partial charge in [-0.3, -0.25) is 0 Å². The van der Waals surface area contributed by atoms with Gasteiger partial charge in [0.1, 0.15) is 11.9 Å². The Morgan fingerprint density at radius 2 is 2.18 bits per heavy atom. The van der Waals surface area contributed by atoms with E-state index in [2.05, 4.69) is 15.9 Å². The minimum Gasteiger partial charge on any atom is -0.205 e. The second-order valence-corrected chi connectivity index (χ2v) is 3.11. The SMILES string of the molecule is Cc1cc(Br)cc(C#N)c1F. The fourth-order valence-corrected chi connectivity index (χ4v) is 1.38. The molecule has 0 fully saturated rings. The number of rotatable bonds is 0. The quantitative estimate of drug-likeness (QED) is 0.651. The fraction of sp³-hybridized carbons (Fsp3) is 0.125. The van der Waals surface area contributed by atoms with E-state index < -0.39 is 5.82 Å². The van der Waals surface area contributed by atoms with Gasteiger partial charge in [0.25, 0.3) is 0 Å². The molecule has 0 N–H and O–H groups in total. The second-order valence-electron chi connectivity index (χ2n) is 2.20. The van der Waals surface area contributed by atoms with Crippen LogP contribution in [0.1, 0.15) is 11.1 Å². The number of nitriles is 1. The van der Waals surface area contributed by atoms with E-state index >= 15 is 0 Å². The zero-order valence-corrected chi connectivity index (χ0v) is 7.44. The molecule has 1 rings (SSSR count). The Labute approximate surface area is 72.6 Å². The van der Waals surface area contributed by atoms with Crippen LogP contribution in [0.4, 0.5) is 4.39 Å². The highest BCUT2D eigenvalue weighted by Gasteiger charge is 2.04. The highest BCUT2D eigenvalue weighted by atomic mass is 79.9. The Morgan fingerprint density at radius 3 is 2.73 bits per heavy atom. The first-order valence-corrected chi connectivity index (χ1v) is 3.80. The first kappa shape index (κ1) is 8.22. The summed E-state index contributed by atoms with van der Waals surface area (Å²) in [6.07, 6.45) is 0. The molecule has 0 aromatic heterocycles. The van der Waals surface area contributed by atoms with Crippen LogP contribution in [0.5, 0.6) is 0 Å². The van der Waals surface area contributed by atoms with E-state index in [-0.39, 0.29) is 5.56 Å². The van der Waals surface area contributed by atoms with Gasteiger partial charge >= 0.3 is 0 Å². The molecule has 56 valence electrons. The first-order valence-electron chi connectivity index (χ1n) is 3.01. The molecule has 11 heavy (non-hydrogen) atoms. The highest BCUT2D eigenvalue weighted by Crippen LogP contribution is 2.18. The molecule has 0 amide bonds. The van der Waals surface area contributed by atoms with E-state index in [0.29, 0.717) is 5.56 Å². The summed E-state index contributed by atoms with van der Waals surface area (Å²) >= 11 is 3.17. The third-order valence-electron chi connectivity index (χ3n) is 1.34. The van der Waals surface area contributed by atoms with Crippen LogP contribution in [0, 0.1) is 24.1 Å². The summed E-state index contributed by atoms with van der Waals surface area (Å²) < 4.78 is 13.7. The van der Waals surface area contributed by atoms with E-state index in [9.17, 15) is 4.39 Å². The van der Waals surface area contributed by atoms with Crippen LogP contribution in [0.2, 0.25) is 0 Å². The van der Waals surface area contributed by atoms with Gasteiger partial charge in [0.05, 0.1) is 5.56 Å². The van der Waals surface area contributed by atoms with Crippen LogP contribution >= 0.6 is 15.9 Å². The molecule has 0 spiro atoms. The third kappa shape index (κ3) is 1.58. The molecule has 0 bridgehead atoms. The molecule has 0 radical (unpaired) electrons. The monoisotopic (exact) mass is 213 g/mol. The summed E-state index contributed by atoms with van der Waals surface area (Å²) in [7, 11) is 0. The van der Waals surface area contributed by atoms with Crippen LogP contribution in [0.15, 0.2) is 16.6 Å². The van der Waals surface area contributed by atoms with Gasteiger partial charge in [0.2, 0.25) is 0 Å². The second kappa shape index (κ2) is 3.02. The molecule has 0 aliphatic rings. The fourth-order valence-electron chi connectivity index (χ4n) is 0.807. The van der Waals surface area contributed by atoms with E-state index in [1.807, 2.05) is 0 Å². The van der Waals surface area contributed by atoms with Gasteiger partial charge in [0.15, 0.2) is 0 Å². The largest absolute Gasteiger partial charge is 0.205 e. The molecule has 0 saturated carbocycles. The standard InChI is InChI=1S/C8H5BrFN/c1-5-2-7(9)3-6(4-11)8(5)10/h2-3H,1H3. The molecular formula is C8H5BrFN. The summed E-state index contributed by atoms with van der Waals surface area (Å²) in [6, 6.07) is 4.87. The van der Waals surface area contributed by atoms with Crippen LogP contribution in [-0.4, -0.2) is 0 Å². The van der Waals surface area contributed by atoms with Crippen LogP contribution in [0.3, 0.4) is 0 Å². The lowest BCUT2D eigenvalue weighted by atomic mass is 10.1. The van der Waals surface area contributed by atoms with Crippen molar-refractivity contribution in [3.05, 3.63) is 33.5 Å². The molecule has 1 aromatic carbocycles. The number of hydrogen-bond acceptors (Lipinski definition) is 1. The minimum absolute atomic E-state index is 0.0804. The topological polar surface area (TPSA) is 23.8 Å². The average molecular weight is 214 g/mol. The Bertz CT molecular complexity index is 328. The van der Waals surface area contributed by atoms with Gasteiger partial charge in [-0.05, 0) is 24.6 Å². The minimum atomic E-state index is -0.435. The lowest BCUT2D eigenvalue weighted by molar-refractivity contribution is 0.614. The molecule has 3 heteroatoms. The van der Waals surface area contributed by atoms with Gasteiger partial charge in [-0.2, -0.15) is 5.26 Å². The molecule has 0 saturated heterocycles. The summed E-state index contributed by atoms with van der Waals surface area (Å²) in [5.74, 6) is -0.435. The number of halogens is 2. The number of benzene rings is 1. The maximum atomic E-state index is 12.9. The van der Waals surface area contributed by atoms with E-state index in [0.717, 1.165) is 4.47 Å². The maximum absolute atomic E-state index is 12.9. The molecule has 0 atom stereocenters. The summed E-state index contributed by atoms with van der Waals surface area (Å²) in [6.45, 7) is 1.63. The van der Waals surface area contributed by atoms with Crippen molar-refractivity contribution in [3.63, 3.8) is 0 Å². The molecular weight excluding hydrogens is 209 g/mol. The van der Waals surface area contributed by atoms with Crippen molar-refractivity contribution < 1.29 is 4.39 Å². The summed E-state index contributed by atoms with van der Waals surface area (Å²) in [4.78, 5) is 0. The van der Waals surface area contributed by atoms with Crippen molar-refractivity contribution in [2.75, 3.05) is 0 Å². The Hall–Kier alpha value is -0.880. The predicted molar refractivity (Wildman–Crippen MR) is 43.6 cm³/mol. The Balaban J connectivity index is 3.39. The van der Waals surface area contributed by atoms with Gasteiger partial charge < -0.3 is 0 Å². The Morgan fingerprint density at radius 1 is 1.55 bits per heavy atom. The van der Waals surface area contributed by atoms with Gasteiger partial charge in [-0.15, -0.1) is 0 Å². The molecule has 0 aliphatic carbocycles. The number of aryl methyl sites for hydroxylation is 1. The van der Waals surface area contributed by atoms with Crippen LogP contribution < -0.4 is 0 Å². The zero-order chi connectivity index (χ0) is 8.43. The molecule has 1 nitrogen and oxygen atoms in total. The van der Waals surface area contributed by atoms with Crippen molar-refractivity contribution in [1.29, 1.82) is 5.26 Å². The molecule has 0 unspecified atom stereocenters. The normalized spacial score (nSPS) is 9.27. The Kier molecular flexibility index (Phi) is 2.25. The summed E-state index contributed by atoms with van der Waals surface area (Å²) in [5, 5.41) is 8.46. The number of hydrogen-bond donors (Lipinski definition) is 0. The maximum Gasteiger partial charge on any atom is 0.143 e. The molecule has 1 aromatic rings. The van der Waals surface area contributed by atoms with E-state index in [4.69, 9.17) is 5.26 Å². The van der Waals surface area contributed by atoms with E-state index in [1.54, 1.807) is 19.1 Å². The van der Waals surface area contributed by atoms with Crippen molar-refractivity contribution in [2.24, 2.45) is 0 Å². The van der Waals surface area contributed by atoms with Crippen molar-refractivity contribution in [2.45, 2.75) is 6.92 Å². The third-order valence-corrected chi connectivity index (χ3v) is 1.80. The van der Waals surface area contributed by atoms with Gasteiger partial charge in [-0.25, -0.2) is 4.39 Å².